The van der Waals surface area contributed by atoms with Crippen molar-refractivity contribution in [1.29, 1.82) is 0 Å². The summed E-state index contributed by atoms with van der Waals surface area (Å²) in [6.45, 7) is 2.55. The molecule has 0 N–H and O–H groups in total. The lowest BCUT2D eigenvalue weighted by atomic mass is 9.72. The molecule has 3 aromatic heterocycles. The van der Waals surface area contributed by atoms with E-state index in [1.807, 2.05) is 17.0 Å². The molecule has 1 unspecified atom stereocenters. The maximum Gasteiger partial charge on any atom is 0.257 e. The van der Waals surface area contributed by atoms with Gasteiger partial charge in [-0.25, -0.2) is 0 Å². The highest BCUT2D eigenvalue weighted by atomic mass is 16.5. The molecule has 8 heteroatoms. The number of ether oxygens (including phenoxy) is 1. The highest BCUT2D eigenvalue weighted by Crippen LogP contribution is 2.49. The van der Waals surface area contributed by atoms with Crippen LogP contribution in [-0.4, -0.2) is 52.3 Å². The number of furan rings is 1. The molecular weight excluding hydrogens is 360 g/mol. The predicted octanol–water partition coefficient (Wildman–Crippen LogP) is 2.76. The fraction of sp³-hybridized carbons (Fsp3) is 0.400. The minimum atomic E-state index is -0.111. The van der Waals surface area contributed by atoms with E-state index in [0.717, 1.165) is 18.4 Å². The summed E-state index contributed by atoms with van der Waals surface area (Å²) in [5, 5.41) is 8.58. The zero-order valence-corrected chi connectivity index (χ0v) is 15.3. The molecule has 2 aliphatic rings. The molecule has 0 aromatic carbocycles. The Kier molecular flexibility index (Phi) is 4.20. The van der Waals surface area contributed by atoms with E-state index in [0.29, 0.717) is 43.6 Å². The average molecular weight is 380 g/mol. The Bertz CT molecular complexity index is 948. The summed E-state index contributed by atoms with van der Waals surface area (Å²) in [5.74, 6) is 1.00. The van der Waals surface area contributed by atoms with E-state index in [9.17, 15) is 4.79 Å². The summed E-state index contributed by atoms with van der Waals surface area (Å²) in [6, 6.07) is 5.37. The zero-order valence-electron chi connectivity index (χ0n) is 15.3. The van der Waals surface area contributed by atoms with Crippen molar-refractivity contribution in [2.24, 2.45) is 5.41 Å². The van der Waals surface area contributed by atoms with Gasteiger partial charge in [0.05, 0.1) is 17.7 Å². The van der Waals surface area contributed by atoms with Gasteiger partial charge in [-0.1, -0.05) is 0 Å². The molecule has 3 aromatic rings. The third-order valence-electron chi connectivity index (χ3n) is 5.86. The second-order valence-electron chi connectivity index (χ2n) is 7.41. The van der Waals surface area contributed by atoms with Crippen molar-refractivity contribution in [2.45, 2.75) is 18.8 Å². The van der Waals surface area contributed by atoms with Gasteiger partial charge in [0.1, 0.15) is 6.26 Å². The van der Waals surface area contributed by atoms with Crippen molar-refractivity contribution >= 4 is 5.91 Å². The Morgan fingerprint density at radius 1 is 1.14 bits per heavy atom. The SMILES string of the molecule is O=C(c1ccoc1)N1CC(c2nnc(-c3ccncc3)o2)C2(CCOCC2)C1. The van der Waals surface area contributed by atoms with Crippen LogP contribution in [0.25, 0.3) is 11.5 Å². The van der Waals surface area contributed by atoms with Crippen LogP contribution in [0.4, 0.5) is 0 Å². The summed E-state index contributed by atoms with van der Waals surface area (Å²) in [4.78, 5) is 18.8. The van der Waals surface area contributed by atoms with E-state index in [1.54, 1.807) is 18.5 Å². The smallest absolute Gasteiger partial charge is 0.257 e. The van der Waals surface area contributed by atoms with Crippen molar-refractivity contribution in [3.63, 3.8) is 0 Å². The van der Waals surface area contributed by atoms with Crippen LogP contribution in [0.1, 0.15) is 35.0 Å². The van der Waals surface area contributed by atoms with Crippen molar-refractivity contribution in [3.05, 3.63) is 54.6 Å². The van der Waals surface area contributed by atoms with Gasteiger partial charge in [-0.15, -0.1) is 10.2 Å². The molecule has 0 aliphatic carbocycles. The number of pyridine rings is 1. The molecule has 5 rings (SSSR count). The topological polar surface area (TPSA) is 94.5 Å². The largest absolute Gasteiger partial charge is 0.472 e. The number of carbonyl (C=O) groups is 1. The molecule has 2 fully saturated rings. The molecule has 8 nitrogen and oxygen atoms in total. The number of likely N-dealkylation sites (tertiary alicyclic amines) is 1. The van der Waals surface area contributed by atoms with Crippen molar-refractivity contribution < 1.29 is 18.4 Å². The van der Waals surface area contributed by atoms with Crippen molar-refractivity contribution in [1.82, 2.24) is 20.1 Å². The number of aromatic nitrogens is 3. The fourth-order valence-electron chi connectivity index (χ4n) is 4.30. The van der Waals surface area contributed by atoms with Crippen molar-refractivity contribution in [2.75, 3.05) is 26.3 Å². The summed E-state index contributed by atoms with van der Waals surface area (Å²) < 4.78 is 16.7. The van der Waals surface area contributed by atoms with Crippen LogP contribution in [0.2, 0.25) is 0 Å². The van der Waals surface area contributed by atoms with E-state index in [4.69, 9.17) is 13.6 Å². The molecule has 1 spiro atoms. The lowest BCUT2D eigenvalue weighted by Gasteiger charge is -2.36. The molecule has 144 valence electrons. The van der Waals surface area contributed by atoms with Gasteiger partial charge in [0, 0.05) is 49.7 Å². The maximum atomic E-state index is 12.9. The van der Waals surface area contributed by atoms with Gasteiger partial charge in [-0.3, -0.25) is 9.78 Å². The first kappa shape index (κ1) is 17.1. The first-order valence-corrected chi connectivity index (χ1v) is 9.38. The molecule has 1 amide bonds. The quantitative estimate of drug-likeness (QED) is 0.689. The van der Waals surface area contributed by atoms with Gasteiger partial charge in [0.15, 0.2) is 0 Å². The van der Waals surface area contributed by atoms with Crippen LogP contribution in [0.5, 0.6) is 0 Å². The molecule has 2 aliphatic heterocycles. The van der Waals surface area contributed by atoms with Crippen LogP contribution in [-0.2, 0) is 4.74 Å². The first-order chi connectivity index (χ1) is 13.8. The first-order valence-electron chi connectivity index (χ1n) is 9.38. The monoisotopic (exact) mass is 380 g/mol. The summed E-state index contributed by atoms with van der Waals surface area (Å²) in [5.41, 5.74) is 1.28. The van der Waals surface area contributed by atoms with Gasteiger partial charge in [0.25, 0.3) is 5.91 Å². The van der Waals surface area contributed by atoms with Gasteiger partial charge >= 0.3 is 0 Å². The summed E-state index contributed by atoms with van der Waals surface area (Å²) >= 11 is 0. The van der Waals surface area contributed by atoms with E-state index < -0.39 is 0 Å². The molecule has 5 heterocycles. The Morgan fingerprint density at radius 3 is 2.71 bits per heavy atom. The molecule has 1 atom stereocenters. The number of hydrogen-bond donors (Lipinski definition) is 0. The Morgan fingerprint density at radius 2 is 1.96 bits per heavy atom. The number of nitrogens with zero attached hydrogens (tertiary/aromatic N) is 4. The van der Waals surface area contributed by atoms with Gasteiger partial charge < -0.3 is 18.5 Å². The molecule has 2 saturated heterocycles. The Labute approximate surface area is 161 Å². The number of rotatable bonds is 3. The fourth-order valence-corrected chi connectivity index (χ4v) is 4.30. The van der Waals surface area contributed by atoms with E-state index >= 15 is 0 Å². The third kappa shape index (κ3) is 2.90. The van der Waals surface area contributed by atoms with Crippen LogP contribution in [0, 0.1) is 5.41 Å². The second-order valence-corrected chi connectivity index (χ2v) is 7.41. The van der Waals surface area contributed by atoms with E-state index in [-0.39, 0.29) is 17.2 Å². The summed E-state index contributed by atoms with van der Waals surface area (Å²) in [7, 11) is 0. The van der Waals surface area contributed by atoms with Crippen LogP contribution >= 0.6 is 0 Å². The minimum Gasteiger partial charge on any atom is -0.472 e. The van der Waals surface area contributed by atoms with Gasteiger partial charge in [-0.2, -0.15) is 0 Å². The average Bonchev–Trinajstić information content (AvgIpc) is 3.49. The van der Waals surface area contributed by atoms with Crippen molar-refractivity contribution in [3.8, 4) is 11.5 Å². The zero-order chi connectivity index (χ0) is 19.0. The third-order valence-corrected chi connectivity index (χ3v) is 5.86. The maximum absolute atomic E-state index is 12.9. The number of amides is 1. The molecule has 0 saturated carbocycles. The predicted molar refractivity (Wildman–Crippen MR) is 97.4 cm³/mol. The Balaban J connectivity index is 1.46. The Hall–Kier alpha value is -3.00. The lowest BCUT2D eigenvalue weighted by molar-refractivity contribution is 0.00908. The van der Waals surface area contributed by atoms with E-state index in [1.165, 1.54) is 12.5 Å². The summed E-state index contributed by atoms with van der Waals surface area (Å²) in [6.07, 6.45) is 8.12. The normalized spacial score (nSPS) is 21.3. The second kappa shape index (κ2) is 6.87. The molecule has 0 bridgehead atoms. The van der Waals surface area contributed by atoms with Gasteiger partial charge in [0.2, 0.25) is 11.8 Å². The molecule has 28 heavy (non-hydrogen) atoms. The van der Waals surface area contributed by atoms with Crippen LogP contribution in [0.15, 0.2) is 52.0 Å². The van der Waals surface area contributed by atoms with Crippen LogP contribution < -0.4 is 0 Å². The minimum absolute atomic E-state index is 0.0182. The number of hydrogen-bond acceptors (Lipinski definition) is 7. The highest BCUT2D eigenvalue weighted by molar-refractivity contribution is 5.94. The van der Waals surface area contributed by atoms with Crippen LogP contribution in [0.3, 0.4) is 0 Å². The molecule has 0 radical (unpaired) electrons. The lowest BCUT2D eigenvalue weighted by Crippen LogP contribution is -2.37. The molecular formula is C20H20N4O4. The van der Waals surface area contributed by atoms with Gasteiger partial charge in [-0.05, 0) is 31.0 Å². The number of carbonyl (C=O) groups excluding carboxylic acids is 1. The standard InChI is InChI=1S/C20H20N4O4/c25-19(15-3-8-27-12-15)24-11-16(20(13-24)4-9-26-10-5-20)18-23-22-17(28-18)14-1-6-21-7-2-14/h1-3,6-8,12,16H,4-5,9-11,13H2. The highest BCUT2D eigenvalue weighted by Gasteiger charge is 2.51. The van der Waals surface area contributed by atoms with E-state index in [2.05, 4.69) is 15.2 Å².